The third-order valence-corrected chi connectivity index (χ3v) is 16.6. The maximum absolute atomic E-state index is 14.3. The van der Waals surface area contributed by atoms with Crippen molar-refractivity contribution in [3.63, 3.8) is 0 Å². The van der Waals surface area contributed by atoms with E-state index < -0.39 is 23.6 Å². The number of thiazole rings is 1. The van der Waals surface area contributed by atoms with E-state index in [4.69, 9.17) is 15.7 Å². The molecule has 380 valence electrons. The third kappa shape index (κ3) is 10.3. The number of likely N-dealkylation sites (tertiary alicyclic amines) is 1. The summed E-state index contributed by atoms with van der Waals surface area (Å²) in [7, 11) is 0. The summed E-state index contributed by atoms with van der Waals surface area (Å²) in [5.41, 5.74) is 13.6. The Kier molecular flexibility index (Phi) is 14.1. The van der Waals surface area contributed by atoms with Gasteiger partial charge in [-0.2, -0.15) is 0 Å². The van der Waals surface area contributed by atoms with Crippen LogP contribution >= 0.6 is 11.3 Å². The number of fused-ring (bicyclic) bond motifs is 2. The van der Waals surface area contributed by atoms with Gasteiger partial charge in [0.2, 0.25) is 23.7 Å². The van der Waals surface area contributed by atoms with Crippen molar-refractivity contribution in [2.75, 3.05) is 66.2 Å². The zero-order valence-corrected chi connectivity index (χ0v) is 42.5. The van der Waals surface area contributed by atoms with Gasteiger partial charge in [0, 0.05) is 88.4 Å². The van der Waals surface area contributed by atoms with Crippen molar-refractivity contribution < 1.29 is 24.6 Å². The smallest absolute Gasteiger partial charge is 0.246 e. The van der Waals surface area contributed by atoms with Crippen LogP contribution in [0.25, 0.3) is 21.7 Å². The molecule has 10 rings (SSSR count). The number of anilines is 4. The number of piperazine rings is 2. The number of nitrogens with two attached hydrogens (primary N) is 1. The number of aliphatic hydroxyl groups is 1. The molecular weight excluding hydrogens is 931 g/mol. The second-order valence-electron chi connectivity index (χ2n) is 21.4. The number of phenols is 1. The number of nitrogen functional groups attached to an aromatic ring is 1. The minimum atomic E-state index is -0.862. The Balaban J connectivity index is 0.686. The summed E-state index contributed by atoms with van der Waals surface area (Å²) in [6.07, 6.45) is 8.54. The number of benzene rings is 2. The number of carbonyl (C=O) groups is 3. The molecule has 2 aromatic carbocycles. The van der Waals surface area contributed by atoms with E-state index in [0.717, 1.165) is 117 Å². The molecular formula is C53H67N13O5S. The van der Waals surface area contributed by atoms with Crippen LogP contribution in [0, 0.1) is 18.3 Å². The van der Waals surface area contributed by atoms with E-state index in [1.165, 1.54) is 4.90 Å². The van der Waals surface area contributed by atoms with Crippen molar-refractivity contribution >= 4 is 52.2 Å². The van der Waals surface area contributed by atoms with Crippen LogP contribution in [0.15, 0.2) is 72.5 Å². The van der Waals surface area contributed by atoms with Gasteiger partial charge in [0.05, 0.1) is 51.6 Å². The topological polar surface area (TPSA) is 222 Å². The molecule has 4 saturated heterocycles. The van der Waals surface area contributed by atoms with Crippen LogP contribution in [0.2, 0.25) is 0 Å². The van der Waals surface area contributed by atoms with Gasteiger partial charge >= 0.3 is 0 Å². The molecule has 0 radical (unpaired) electrons. The molecule has 1 saturated carbocycles. The monoisotopic (exact) mass is 998 g/mol. The molecule has 0 spiro atoms. The van der Waals surface area contributed by atoms with Gasteiger partial charge in [-0.15, -0.1) is 21.5 Å². The zero-order valence-electron chi connectivity index (χ0n) is 41.7. The van der Waals surface area contributed by atoms with Gasteiger partial charge in [-0.25, -0.2) is 15.0 Å². The number of aromatic nitrogens is 5. The average Bonchev–Trinajstić information content (AvgIpc) is 4.08. The molecule has 5 fully saturated rings. The molecule has 5 aromatic rings. The molecule has 72 heavy (non-hydrogen) atoms. The normalized spacial score (nSPS) is 24.1. The van der Waals surface area contributed by atoms with Gasteiger partial charge in [0.25, 0.3) is 0 Å². The molecule has 1 aliphatic carbocycles. The fourth-order valence-corrected chi connectivity index (χ4v) is 12.4. The van der Waals surface area contributed by atoms with Gasteiger partial charge in [0.1, 0.15) is 17.8 Å². The zero-order chi connectivity index (χ0) is 50.3. The number of aryl methyl sites for hydroxylation is 1. The minimum absolute atomic E-state index is 0.0338. The molecule has 2 bridgehead atoms. The van der Waals surface area contributed by atoms with E-state index in [-0.39, 0.29) is 61.0 Å². The van der Waals surface area contributed by atoms with Crippen LogP contribution < -0.4 is 31.1 Å². The molecule has 5 atom stereocenters. The number of carbonyl (C=O) groups excluding carboxylic acids is 3. The highest BCUT2D eigenvalue weighted by atomic mass is 32.1. The van der Waals surface area contributed by atoms with Crippen molar-refractivity contribution in [1.29, 1.82) is 0 Å². The Morgan fingerprint density at radius 1 is 0.833 bits per heavy atom. The summed E-state index contributed by atoms with van der Waals surface area (Å²) in [4.78, 5) is 68.2. The first kappa shape index (κ1) is 49.2. The molecule has 5 aliphatic rings. The Morgan fingerprint density at radius 2 is 1.51 bits per heavy atom. The van der Waals surface area contributed by atoms with Crippen molar-refractivity contribution in [3.05, 3.63) is 83.8 Å². The number of hydrogen-bond acceptors (Lipinski definition) is 16. The number of amides is 3. The number of para-hydroxylation sites is 1. The van der Waals surface area contributed by atoms with E-state index in [1.807, 2.05) is 88.1 Å². The summed E-state index contributed by atoms with van der Waals surface area (Å²) in [5.74, 6) is 0.260. The second-order valence-corrected chi connectivity index (χ2v) is 22.2. The van der Waals surface area contributed by atoms with Crippen LogP contribution in [0.3, 0.4) is 0 Å². The molecule has 3 aromatic heterocycles. The van der Waals surface area contributed by atoms with Gasteiger partial charge in [-0.1, -0.05) is 57.2 Å². The number of aromatic hydroxyl groups is 1. The van der Waals surface area contributed by atoms with Crippen molar-refractivity contribution in [1.82, 2.24) is 45.6 Å². The van der Waals surface area contributed by atoms with Gasteiger partial charge in [0.15, 0.2) is 5.82 Å². The number of rotatable bonds is 12. The van der Waals surface area contributed by atoms with Gasteiger partial charge in [-0.05, 0) is 80.2 Å². The Labute approximate surface area is 425 Å². The molecule has 19 heteroatoms. The lowest BCUT2D eigenvalue weighted by Crippen LogP contribution is -2.58. The second kappa shape index (κ2) is 20.6. The van der Waals surface area contributed by atoms with Crippen molar-refractivity contribution in [3.8, 4) is 27.4 Å². The number of nitrogens with one attached hydrogen (secondary N) is 2. The number of nitrogens with zero attached hydrogens (tertiary/aromatic N) is 10. The largest absolute Gasteiger partial charge is 0.507 e. The van der Waals surface area contributed by atoms with Gasteiger partial charge < -0.3 is 46.2 Å². The lowest BCUT2D eigenvalue weighted by molar-refractivity contribution is -0.144. The summed E-state index contributed by atoms with van der Waals surface area (Å²) >= 11 is 1.59. The summed E-state index contributed by atoms with van der Waals surface area (Å²) in [5, 5.41) is 35.8. The minimum Gasteiger partial charge on any atom is -0.507 e. The van der Waals surface area contributed by atoms with E-state index in [2.05, 4.69) is 45.4 Å². The number of aliphatic hydroxyl groups excluding tert-OH is 1. The number of phenolic OH excluding ortho intramolecular Hbond substituents is 1. The molecule has 6 N–H and O–H groups in total. The molecule has 3 amide bonds. The summed E-state index contributed by atoms with van der Waals surface area (Å²) in [6.45, 7) is 13.1. The highest BCUT2D eigenvalue weighted by molar-refractivity contribution is 7.13. The maximum atomic E-state index is 14.3. The van der Waals surface area contributed by atoms with Crippen molar-refractivity contribution in [2.24, 2.45) is 11.3 Å². The van der Waals surface area contributed by atoms with E-state index in [0.29, 0.717) is 23.1 Å². The van der Waals surface area contributed by atoms with Crippen LogP contribution in [-0.2, 0) is 20.9 Å². The van der Waals surface area contributed by atoms with Crippen LogP contribution in [-0.4, -0.2) is 145 Å². The Morgan fingerprint density at radius 3 is 2.17 bits per heavy atom. The fraction of sp³-hybridized carbons (Fsp3) is 0.509. The highest BCUT2D eigenvalue weighted by Gasteiger charge is 2.46. The van der Waals surface area contributed by atoms with Crippen LogP contribution in [0.1, 0.15) is 77.0 Å². The highest BCUT2D eigenvalue weighted by Crippen LogP contribution is 2.39. The Hall–Kier alpha value is -6.44. The Bertz CT molecular complexity index is 2720. The fourth-order valence-electron chi connectivity index (χ4n) is 11.6. The van der Waals surface area contributed by atoms with E-state index in [1.54, 1.807) is 23.5 Å². The molecule has 7 heterocycles. The summed E-state index contributed by atoms with van der Waals surface area (Å²) < 4.78 is 0. The van der Waals surface area contributed by atoms with Crippen molar-refractivity contribution in [2.45, 2.75) is 115 Å². The molecule has 2 unspecified atom stereocenters. The number of hydrogen-bond donors (Lipinski definition) is 5. The number of β-amino-alcohol motifs (C(OH)–C–C–N with tert-alkyl or cyclic N) is 1. The first-order valence-electron chi connectivity index (χ1n) is 25.5. The predicted molar refractivity (Wildman–Crippen MR) is 278 cm³/mol. The lowest BCUT2D eigenvalue weighted by Gasteiger charge is -2.43. The van der Waals surface area contributed by atoms with Crippen LogP contribution in [0.5, 0.6) is 5.75 Å². The first-order valence-corrected chi connectivity index (χ1v) is 26.4. The van der Waals surface area contributed by atoms with Crippen LogP contribution in [0.4, 0.5) is 23.1 Å². The predicted octanol–water partition coefficient (Wildman–Crippen LogP) is 5.00. The summed E-state index contributed by atoms with van der Waals surface area (Å²) in [6, 6.07) is 16.1. The average molecular weight is 998 g/mol. The molecule has 4 aliphatic heterocycles. The third-order valence-electron chi connectivity index (χ3n) is 15.6. The maximum Gasteiger partial charge on any atom is 0.246 e. The first-order chi connectivity index (χ1) is 34.7. The molecule has 18 nitrogen and oxygen atoms in total. The lowest BCUT2D eigenvalue weighted by atomic mass is 9.82. The van der Waals surface area contributed by atoms with E-state index >= 15 is 0 Å². The van der Waals surface area contributed by atoms with E-state index in [9.17, 15) is 24.6 Å². The standard InChI is InChI=1S/C53H67N13O5S/c1-32-46(72-31-58-32)34-11-9-33(10-12-34)25-55-50(70)44-23-40(67)30-65(44)51(71)47(53(2,3)4)59-49(69)35-13-15-36(16-14-35)62-19-21-63(22-20-62)39-26-56-52(57-27-39)66-37-17-18-38(66)29-64(28-37)43-24-42(60-61-48(43)54)41-7-5-6-8-45(41)68/h5-12,24,26-27,31,35-38,40,44,47,67-68H,13-23,25,28-30H2,1-4H3,(H2,54,61)(H,55,70)(H,59,69)/t35-,36+,37?,38?,40-,44+,47-/m1/s1. The quantitative estimate of drug-likeness (QED) is 0.111. The SMILES string of the molecule is Cc1ncsc1-c1ccc(CNC(=O)[C@@H]2C[C@@H](O)CN2C(=O)[C@@H](NC(=O)[C@H]2CC[C@@H](N3CCN(c4cnc(N5C6CCC5CN(c5cc(-c7ccccc7O)nnc5N)C6)nc4)CC3)CC2)C(C)(C)C)cc1. The van der Waals surface area contributed by atoms with Gasteiger partial charge in [-0.3, -0.25) is 19.3 Å².